The topological polar surface area (TPSA) is 64.3 Å². The zero-order chi connectivity index (χ0) is 15.6. The third-order valence-corrected chi connectivity index (χ3v) is 2.99. The molecule has 2 rings (SSSR count). The van der Waals surface area contributed by atoms with Gasteiger partial charge in [-0.1, -0.05) is 6.07 Å². The Hall–Kier alpha value is -2.63. The molecule has 0 aliphatic rings. The molecular formula is C15H14F2N2O2. The van der Waals surface area contributed by atoms with Crippen LogP contribution in [0.4, 0.5) is 25.8 Å². The Labute approximate surface area is 120 Å². The largest absolute Gasteiger partial charge is 0.465 e. The lowest BCUT2D eigenvalue weighted by Gasteiger charge is -2.13. The molecule has 0 saturated carbocycles. The van der Waals surface area contributed by atoms with Crippen LogP contribution in [0.1, 0.15) is 15.9 Å². The third-order valence-electron chi connectivity index (χ3n) is 2.99. The molecule has 0 spiro atoms. The van der Waals surface area contributed by atoms with Gasteiger partial charge >= 0.3 is 5.97 Å². The molecule has 0 heterocycles. The number of anilines is 3. The highest BCUT2D eigenvalue weighted by Crippen LogP contribution is 2.28. The van der Waals surface area contributed by atoms with Gasteiger partial charge < -0.3 is 15.8 Å². The van der Waals surface area contributed by atoms with Crippen molar-refractivity contribution in [2.75, 3.05) is 18.2 Å². The molecule has 0 unspecified atom stereocenters. The van der Waals surface area contributed by atoms with Gasteiger partial charge in [-0.2, -0.15) is 0 Å². The lowest BCUT2D eigenvalue weighted by Crippen LogP contribution is -2.08. The van der Waals surface area contributed by atoms with E-state index in [-0.39, 0.29) is 22.5 Å². The maximum absolute atomic E-state index is 14.0. The fourth-order valence-electron chi connectivity index (χ4n) is 1.86. The van der Waals surface area contributed by atoms with Crippen molar-refractivity contribution in [1.82, 2.24) is 0 Å². The number of hydrogen-bond acceptors (Lipinski definition) is 4. The van der Waals surface area contributed by atoms with E-state index >= 15 is 0 Å². The van der Waals surface area contributed by atoms with Gasteiger partial charge in [-0.05, 0) is 36.8 Å². The van der Waals surface area contributed by atoms with Crippen molar-refractivity contribution >= 4 is 23.0 Å². The maximum Gasteiger partial charge on any atom is 0.340 e. The molecule has 0 radical (unpaired) electrons. The summed E-state index contributed by atoms with van der Waals surface area (Å²) >= 11 is 0. The Bertz CT molecular complexity index is 702. The minimum Gasteiger partial charge on any atom is -0.465 e. The number of rotatable bonds is 3. The lowest BCUT2D eigenvalue weighted by atomic mass is 10.1. The summed E-state index contributed by atoms with van der Waals surface area (Å²) in [6.07, 6.45) is 0. The molecule has 0 aliphatic carbocycles. The van der Waals surface area contributed by atoms with Crippen molar-refractivity contribution in [2.24, 2.45) is 0 Å². The minimum absolute atomic E-state index is 0.0952. The number of benzene rings is 2. The van der Waals surface area contributed by atoms with Crippen LogP contribution in [-0.2, 0) is 4.74 Å². The number of carbonyl (C=O) groups excluding carboxylic acids is 1. The van der Waals surface area contributed by atoms with Gasteiger partial charge in [-0.3, -0.25) is 0 Å². The van der Waals surface area contributed by atoms with E-state index in [1.54, 1.807) is 0 Å². The van der Waals surface area contributed by atoms with E-state index in [2.05, 4.69) is 10.1 Å². The molecule has 0 atom stereocenters. The number of nitrogen functional groups attached to an aromatic ring is 1. The number of nitrogens with two attached hydrogens (primary N) is 1. The Kier molecular flexibility index (Phi) is 4.07. The Morgan fingerprint density at radius 1 is 1.24 bits per heavy atom. The Balaban J connectivity index is 2.50. The standard InChI is InChI=1S/C15H14F2N2O2/c1-8-3-5-11(16)14(13(8)17)19-12-6-4-9(18)7-10(12)15(20)21-2/h3-7,19H,18H2,1-2H3. The number of halogens is 2. The highest BCUT2D eigenvalue weighted by Gasteiger charge is 2.17. The van der Waals surface area contributed by atoms with Gasteiger partial charge in [0.15, 0.2) is 5.82 Å². The zero-order valence-corrected chi connectivity index (χ0v) is 11.5. The predicted molar refractivity (Wildman–Crippen MR) is 76.6 cm³/mol. The SMILES string of the molecule is COC(=O)c1cc(N)ccc1Nc1c(F)ccc(C)c1F. The summed E-state index contributed by atoms with van der Waals surface area (Å²) in [4.78, 5) is 11.7. The molecule has 6 heteroatoms. The van der Waals surface area contributed by atoms with Crippen LogP contribution < -0.4 is 11.1 Å². The first-order chi connectivity index (χ1) is 9.93. The van der Waals surface area contributed by atoms with Crippen LogP contribution in [-0.4, -0.2) is 13.1 Å². The normalized spacial score (nSPS) is 10.3. The van der Waals surface area contributed by atoms with Crippen LogP contribution in [0.25, 0.3) is 0 Å². The number of nitrogens with one attached hydrogen (secondary N) is 1. The number of ether oxygens (including phenoxy) is 1. The van der Waals surface area contributed by atoms with Gasteiger partial charge in [-0.25, -0.2) is 13.6 Å². The average molecular weight is 292 g/mol. The third kappa shape index (κ3) is 2.94. The van der Waals surface area contributed by atoms with E-state index < -0.39 is 17.6 Å². The molecule has 0 amide bonds. The molecular weight excluding hydrogens is 278 g/mol. The number of carbonyl (C=O) groups is 1. The molecule has 110 valence electrons. The predicted octanol–water partition coefficient (Wildman–Crippen LogP) is 3.39. The molecule has 0 saturated heterocycles. The molecule has 0 aliphatic heterocycles. The van der Waals surface area contributed by atoms with Crippen LogP contribution in [0.5, 0.6) is 0 Å². The Morgan fingerprint density at radius 2 is 1.95 bits per heavy atom. The van der Waals surface area contributed by atoms with Gasteiger partial charge in [0.05, 0.1) is 18.4 Å². The molecule has 4 nitrogen and oxygen atoms in total. The number of aryl methyl sites for hydroxylation is 1. The van der Waals surface area contributed by atoms with Gasteiger partial charge in [-0.15, -0.1) is 0 Å². The summed E-state index contributed by atoms with van der Waals surface area (Å²) in [6, 6.07) is 6.83. The van der Waals surface area contributed by atoms with Crippen molar-refractivity contribution < 1.29 is 18.3 Å². The molecule has 0 bridgehead atoms. The summed E-state index contributed by atoms with van der Waals surface area (Å²) in [6.45, 7) is 1.52. The van der Waals surface area contributed by atoms with Crippen molar-refractivity contribution in [3.05, 3.63) is 53.1 Å². The number of esters is 1. The Morgan fingerprint density at radius 3 is 2.62 bits per heavy atom. The summed E-state index contributed by atoms with van der Waals surface area (Å²) in [5.74, 6) is -2.13. The number of methoxy groups -OCH3 is 1. The fourth-order valence-corrected chi connectivity index (χ4v) is 1.86. The molecule has 3 N–H and O–H groups in total. The molecule has 0 aromatic heterocycles. The molecule has 21 heavy (non-hydrogen) atoms. The van der Waals surface area contributed by atoms with Gasteiger partial charge in [0.25, 0.3) is 0 Å². The zero-order valence-electron chi connectivity index (χ0n) is 11.5. The van der Waals surface area contributed by atoms with E-state index in [1.165, 1.54) is 38.3 Å². The summed E-state index contributed by atoms with van der Waals surface area (Å²) in [7, 11) is 1.21. The van der Waals surface area contributed by atoms with Gasteiger partial charge in [0.2, 0.25) is 0 Å². The van der Waals surface area contributed by atoms with E-state index in [0.717, 1.165) is 6.07 Å². The number of hydrogen-bond donors (Lipinski definition) is 2. The summed E-state index contributed by atoms with van der Waals surface area (Å²) in [5, 5.41) is 2.59. The summed E-state index contributed by atoms with van der Waals surface area (Å²) in [5.41, 5.74) is 6.21. The van der Waals surface area contributed by atoms with Crippen molar-refractivity contribution in [2.45, 2.75) is 6.92 Å². The second kappa shape index (κ2) is 5.78. The van der Waals surface area contributed by atoms with E-state index in [4.69, 9.17) is 5.73 Å². The maximum atomic E-state index is 14.0. The first kappa shape index (κ1) is 14.8. The molecule has 0 fully saturated rings. The second-order valence-electron chi connectivity index (χ2n) is 4.47. The highest BCUT2D eigenvalue weighted by molar-refractivity contribution is 5.97. The van der Waals surface area contributed by atoms with Crippen LogP contribution >= 0.6 is 0 Å². The van der Waals surface area contributed by atoms with Crippen LogP contribution in [0, 0.1) is 18.6 Å². The van der Waals surface area contributed by atoms with Crippen molar-refractivity contribution in [1.29, 1.82) is 0 Å². The van der Waals surface area contributed by atoms with Crippen molar-refractivity contribution in [3.63, 3.8) is 0 Å². The smallest absolute Gasteiger partial charge is 0.340 e. The first-order valence-electron chi connectivity index (χ1n) is 6.13. The van der Waals surface area contributed by atoms with Crippen molar-refractivity contribution in [3.8, 4) is 0 Å². The van der Waals surface area contributed by atoms with Gasteiger partial charge in [0, 0.05) is 5.69 Å². The monoisotopic (exact) mass is 292 g/mol. The second-order valence-corrected chi connectivity index (χ2v) is 4.47. The lowest BCUT2D eigenvalue weighted by molar-refractivity contribution is 0.0602. The van der Waals surface area contributed by atoms with E-state index in [9.17, 15) is 13.6 Å². The van der Waals surface area contributed by atoms with E-state index in [0.29, 0.717) is 5.69 Å². The van der Waals surface area contributed by atoms with Crippen LogP contribution in [0.2, 0.25) is 0 Å². The quantitative estimate of drug-likeness (QED) is 0.672. The van der Waals surface area contributed by atoms with E-state index in [1.807, 2.05) is 0 Å². The molecule has 2 aromatic carbocycles. The van der Waals surface area contributed by atoms with Gasteiger partial charge in [0.1, 0.15) is 11.5 Å². The fraction of sp³-hybridized carbons (Fsp3) is 0.133. The van der Waals surface area contributed by atoms with Crippen LogP contribution in [0.15, 0.2) is 30.3 Å². The van der Waals surface area contributed by atoms with Crippen LogP contribution in [0.3, 0.4) is 0 Å². The molecule has 2 aromatic rings. The average Bonchev–Trinajstić information content (AvgIpc) is 2.48. The summed E-state index contributed by atoms with van der Waals surface area (Å²) < 4.78 is 32.4. The highest BCUT2D eigenvalue weighted by atomic mass is 19.1. The first-order valence-corrected chi connectivity index (χ1v) is 6.13. The minimum atomic E-state index is -0.759.